The Balaban J connectivity index is 2.14. The van der Waals surface area contributed by atoms with Gasteiger partial charge in [-0.05, 0) is 12.1 Å². The van der Waals surface area contributed by atoms with Gasteiger partial charge >= 0.3 is 0 Å². The molecular weight excluding hydrogens is 221 g/mol. The highest BCUT2D eigenvalue weighted by Gasteiger charge is 2.09. The predicted octanol–water partition coefficient (Wildman–Crippen LogP) is 2.01. The van der Waals surface area contributed by atoms with E-state index in [0.717, 1.165) is 5.56 Å². The zero-order chi connectivity index (χ0) is 12.3. The maximum absolute atomic E-state index is 13.3. The Morgan fingerprint density at radius 3 is 3.00 bits per heavy atom. The van der Waals surface area contributed by atoms with Crippen molar-refractivity contribution in [2.24, 2.45) is 7.05 Å². The maximum atomic E-state index is 13.3. The molecule has 2 aromatic rings. The summed E-state index contributed by atoms with van der Waals surface area (Å²) in [6, 6.07) is 6.09. The first-order valence-electron chi connectivity index (χ1n) is 4.99. The molecule has 1 aromatic heterocycles. The molecule has 0 unspecified atom stereocenters. The van der Waals surface area contributed by atoms with E-state index in [2.05, 4.69) is 5.10 Å². The van der Waals surface area contributed by atoms with E-state index >= 15 is 0 Å². The van der Waals surface area contributed by atoms with Gasteiger partial charge in [0.2, 0.25) is 0 Å². The topological polar surface area (TPSA) is 50.8 Å². The van der Waals surface area contributed by atoms with E-state index in [-0.39, 0.29) is 17.9 Å². The molecule has 0 amide bonds. The van der Waals surface area contributed by atoms with Crippen LogP contribution in [0.4, 0.5) is 4.39 Å². The average Bonchev–Trinajstić information content (AvgIpc) is 2.72. The lowest BCUT2D eigenvalue weighted by Gasteiger charge is -2.06. The molecule has 0 saturated heterocycles. The standard InChI is InChI=1S/C12H10FN3O/c1-16-7-9(6-15-16)8-17-12-4-2-3-11(13)10(12)5-14/h2-4,6-7H,8H2,1H3. The van der Waals surface area contributed by atoms with Gasteiger partial charge in [0, 0.05) is 18.8 Å². The van der Waals surface area contributed by atoms with Crippen LogP contribution in [0.3, 0.4) is 0 Å². The van der Waals surface area contributed by atoms with E-state index in [1.165, 1.54) is 12.1 Å². The molecule has 1 heterocycles. The van der Waals surface area contributed by atoms with Gasteiger partial charge < -0.3 is 4.74 Å². The van der Waals surface area contributed by atoms with Gasteiger partial charge in [0.05, 0.1) is 6.20 Å². The van der Waals surface area contributed by atoms with Crippen molar-refractivity contribution >= 4 is 0 Å². The summed E-state index contributed by atoms with van der Waals surface area (Å²) < 4.78 is 20.3. The van der Waals surface area contributed by atoms with Crippen LogP contribution in [-0.2, 0) is 13.7 Å². The van der Waals surface area contributed by atoms with Crippen molar-refractivity contribution in [2.45, 2.75) is 6.61 Å². The van der Waals surface area contributed by atoms with Crippen molar-refractivity contribution in [1.82, 2.24) is 9.78 Å². The van der Waals surface area contributed by atoms with E-state index in [1.54, 1.807) is 36.3 Å². The van der Waals surface area contributed by atoms with Crippen molar-refractivity contribution in [2.75, 3.05) is 0 Å². The summed E-state index contributed by atoms with van der Waals surface area (Å²) in [6.45, 7) is 0.256. The molecule has 4 nitrogen and oxygen atoms in total. The third kappa shape index (κ3) is 2.42. The Hall–Kier alpha value is -2.35. The fourth-order valence-corrected chi connectivity index (χ4v) is 1.44. The summed E-state index contributed by atoms with van der Waals surface area (Å²) in [5, 5.41) is 12.8. The van der Waals surface area contributed by atoms with E-state index in [0.29, 0.717) is 0 Å². The molecule has 0 atom stereocenters. The monoisotopic (exact) mass is 231 g/mol. The second kappa shape index (κ2) is 4.66. The van der Waals surface area contributed by atoms with Crippen LogP contribution in [0, 0.1) is 17.1 Å². The van der Waals surface area contributed by atoms with Gasteiger partial charge in [0.1, 0.15) is 29.8 Å². The summed E-state index contributed by atoms with van der Waals surface area (Å²) in [6.07, 6.45) is 3.46. The molecule has 5 heteroatoms. The lowest BCUT2D eigenvalue weighted by molar-refractivity contribution is 0.303. The third-order valence-electron chi connectivity index (χ3n) is 2.24. The number of nitriles is 1. The molecule has 0 aliphatic rings. The van der Waals surface area contributed by atoms with Crippen LogP contribution in [0.1, 0.15) is 11.1 Å². The van der Waals surface area contributed by atoms with Gasteiger partial charge in [-0.1, -0.05) is 6.07 Å². The van der Waals surface area contributed by atoms with Crippen molar-refractivity contribution in [3.8, 4) is 11.8 Å². The zero-order valence-electron chi connectivity index (χ0n) is 9.22. The molecule has 0 aliphatic heterocycles. The van der Waals surface area contributed by atoms with Crippen LogP contribution in [0.2, 0.25) is 0 Å². The first-order valence-corrected chi connectivity index (χ1v) is 4.99. The number of ether oxygens (including phenoxy) is 1. The number of hydrogen-bond acceptors (Lipinski definition) is 3. The number of benzene rings is 1. The smallest absolute Gasteiger partial charge is 0.144 e. The molecule has 1 aromatic carbocycles. The van der Waals surface area contributed by atoms with Crippen LogP contribution in [0.5, 0.6) is 5.75 Å². The minimum absolute atomic E-state index is 0.0728. The molecule has 0 radical (unpaired) electrons. The maximum Gasteiger partial charge on any atom is 0.144 e. The molecule has 0 N–H and O–H groups in total. The molecule has 0 spiro atoms. The molecule has 0 fully saturated rings. The molecule has 2 rings (SSSR count). The average molecular weight is 231 g/mol. The molecule has 0 aliphatic carbocycles. The summed E-state index contributed by atoms with van der Waals surface area (Å²) in [5.41, 5.74) is 0.789. The number of rotatable bonds is 3. The summed E-state index contributed by atoms with van der Waals surface area (Å²) in [4.78, 5) is 0. The summed E-state index contributed by atoms with van der Waals surface area (Å²) in [7, 11) is 1.80. The van der Waals surface area contributed by atoms with Crippen LogP contribution >= 0.6 is 0 Å². The van der Waals surface area contributed by atoms with Crippen molar-refractivity contribution in [1.29, 1.82) is 5.26 Å². The minimum atomic E-state index is -0.573. The predicted molar refractivity (Wildman–Crippen MR) is 58.7 cm³/mol. The van der Waals surface area contributed by atoms with Gasteiger partial charge in [0.15, 0.2) is 0 Å². The fourth-order valence-electron chi connectivity index (χ4n) is 1.44. The van der Waals surface area contributed by atoms with Crippen LogP contribution in [-0.4, -0.2) is 9.78 Å². The number of halogens is 1. The molecule has 86 valence electrons. The first kappa shape index (κ1) is 11.1. The Morgan fingerprint density at radius 1 is 1.53 bits per heavy atom. The van der Waals surface area contributed by atoms with E-state index in [4.69, 9.17) is 10.00 Å². The molecule has 0 bridgehead atoms. The largest absolute Gasteiger partial charge is 0.487 e. The minimum Gasteiger partial charge on any atom is -0.487 e. The lowest BCUT2D eigenvalue weighted by atomic mass is 10.2. The fraction of sp³-hybridized carbons (Fsp3) is 0.167. The second-order valence-electron chi connectivity index (χ2n) is 3.54. The SMILES string of the molecule is Cn1cc(COc2cccc(F)c2C#N)cn1. The van der Waals surface area contributed by atoms with Gasteiger partial charge in [-0.2, -0.15) is 10.4 Å². The van der Waals surface area contributed by atoms with Crippen molar-refractivity contribution in [3.05, 3.63) is 47.5 Å². The zero-order valence-corrected chi connectivity index (χ0v) is 9.22. The number of aromatic nitrogens is 2. The Morgan fingerprint density at radius 2 is 2.35 bits per heavy atom. The van der Waals surface area contributed by atoms with Crippen molar-refractivity contribution in [3.63, 3.8) is 0 Å². The molecule has 0 saturated carbocycles. The summed E-state index contributed by atoms with van der Waals surface area (Å²) in [5.74, 6) is -0.326. The second-order valence-corrected chi connectivity index (χ2v) is 3.54. The third-order valence-corrected chi connectivity index (χ3v) is 2.24. The van der Waals surface area contributed by atoms with E-state index in [9.17, 15) is 4.39 Å². The Bertz CT molecular complexity index is 571. The molecular formula is C12H10FN3O. The van der Waals surface area contributed by atoms with Crippen molar-refractivity contribution < 1.29 is 9.13 Å². The summed E-state index contributed by atoms with van der Waals surface area (Å²) >= 11 is 0. The van der Waals surface area contributed by atoms with Crippen LogP contribution < -0.4 is 4.74 Å². The van der Waals surface area contributed by atoms with Crippen LogP contribution in [0.15, 0.2) is 30.6 Å². The highest BCUT2D eigenvalue weighted by Crippen LogP contribution is 2.21. The van der Waals surface area contributed by atoms with Gasteiger partial charge in [-0.15, -0.1) is 0 Å². The lowest BCUT2D eigenvalue weighted by Crippen LogP contribution is -1.97. The van der Waals surface area contributed by atoms with Gasteiger partial charge in [0.25, 0.3) is 0 Å². The van der Waals surface area contributed by atoms with Gasteiger partial charge in [-0.25, -0.2) is 4.39 Å². The van der Waals surface area contributed by atoms with E-state index in [1.807, 2.05) is 0 Å². The Labute approximate surface area is 97.9 Å². The highest BCUT2D eigenvalue weighted by atomic mass is 19.1. The van der Waals surface area contributed by atoms with E-state index < -0.39 is 5.82 Å². The van der Waals surface area contributed by atoms with Crippen LogP contribution in [0.25, 0.3) is 0 Å². The number of aryl methyl sites for hydroxylation is 1. The normalized spacial score (nSPS) is 9.94. The Kier molecular flexibility index (Phi) is 3.06. The quantitative estimate of drug-likeness (QED) is 0.811. The van der Waals surface area contributed by atoms with Gasteiger partial charge in [-0.3, -0.25) is 4.68 Å². The molecule has 17 heavy (non-hydrogen) atoms. The first-order chi connectivity index (χ1) is 8.20. The number of nitrogens with zero attached hydrogens (tertiary/aromatic N) is 3. The highest BCUT2D eigenvalue weighted by molar-refractivity contribution is 5.43. The number of hydrogen-bond donors (Lipinski definition) is 0.